The van der Waals surface area contributed by atoms with Gasteiger partial charge >= 0.3 is 6.09 Å². The van der Waals surface area contributed by atoms with Gasteiger partial charge in [-0.15, -0.1) is 0 Å². The number of pyridine rings is 1. The minimum absolute atomic E-state index is 0.0171. The van der Waals surface area contributed by atoms with E-state index in [9.17, 15) is 33.9 Å². The predicted octanol–water partition coefficient (Wildman–Crippen LogP) is 6.55. The standard InChI is InChI=1S/C63H89N9O9/c1-9-72(50-23-31-80-32-24-50)55-37-49(36-51(45(55)5)58(75)65-38-52-43(3)34-44(4)66-59(52)76)48-21-19-47(20-22-48)40-69-27-29-70(30-28-69)41-56(73)64-25-15-10-11-16-26-71-39-42(2)33-54(61(71)78)67-60(77)57(74)53(35-46-17-13-12-14-18-46)68-62(79)81-63(6,7)8/h12-14,17-22,34,36-37,42,50,53-54,57,74H,9-11,15-16,23-33,35,38-41H2,1-8H3,(H,64,73)(H,65,75)(H,66,76)(H,67,77)(H,68,79)/t42?,53?,54-,57-/m0/s1. The molecule has 3 aromatic carbocycles. The highest BCUT2D eigenvalue weighted by Crippen LogP contribution is 2.34. The zero-order valence-corrected chi connectivity index (χ0v) is 49.2. The summed E-state index contributed by atoms with van der Waals surface area (Å²) in [5, 5.41) is 22.8. The van der Waals surface area contributed by atoms with E-state index in [4.69, 9.17) is 9.47 Å². The number of aromatic nitrogens is 1. The third-order valence-corrected chi connectivity index (χ3v) is 15.8. The van der Waals surface area contributed by atoms with Crippen molar-refractivity contribution >= 4 is 35.4 Å². The second-order valence-corrected chi connectivity index (χ2v) is 23.5. The number of piperazine rings is 1. The van der Waals surface area contributed by atoms with E-state index in [0.29, 0.717) is 63.0 Å². The van der Waals surface area contributed by atoms with Gasteiger partial charge in [0.1, 0.15) is 11.6 Å². The van der Waals surface area contributed by atoms with Crippen LogP contribution in [0.5, 0.6) is 0 Å². The normalized spacial score (nSPS) is 18.2. The van der Waals surface area contributed by atoms with Gasteiger partial charge < -0.3 is 50.6 Å². The van der Waals surface area contributed by atoms with E-state index in [-0.39, 0.29) is 42.2 Å². The number of carbonyl (C=O) groups excluding carboxylic acids is 5. The summed E-state index contributed by atoms with van der Waals surface area (Å²) in [6.07, 6.45) is 3.49. The van der Waals surface area contributed by atoms with Gasteiger partial charge in [-0.25, -0.2) is 4.79 Å². The summed E-state index contributed by atoms with van der Waals surface area (Å²) < 4.78 is 11.1. The number of alkyl carbamates (subject to hydrolysis) is 1. The Bertz CT molecular complexity index is 2800. The summed E-state index contributed by atoms with van der Waals surface area (Å²) in [6, 6.07) is 22.5. The molecule has 18 nitrogen and oxygen atoms in total. The van der Waals surface area contributed by atoms with Crippen molar-refractivity contribution in [1.29, 1.82) is 0 Å². The number of hydrogen-bond donors (Lipinski definition) is 6. The summed E-state index contributed by atoms with van der Waals surface area (Å²) in [5.74, 6) is -0.977. The Morgan fingerprint density at radius 1 is 0.852 bits per heavy atom. The number of hydrogen-bond acceptors (Lipinski definition) is 12. The summed E-state index contributed by atoms with van der Waals surface area (Å²) in [7, 11) is 0. The van der Waals surface area contributed by atoms with Crippen LogP contribution in [0.1, 0.15) is 123 Å². The number of aliphatic hydroxyl groups excluding tert-OH is 1. The fraction of sp³-hybridized carbons (Fsp3) is 0.556. The molecule has 0 bridgehead atoms. The monoisotopic (exact) mass is 1120 g/mol. The number of H-pyrrole nitrogens is 1. The molecular formula is C63H89N9O9. The lowest BCUT2D eigenvalue weighted by Crippen LogP contribution is -2.59. The van der Waals surface area contributed by atoms with Crippen LogP contribution in [0, 0.1) is 26.7 Å². The molecule has 3 aliphatic heterocycles. The van der Waals surface area contributed by atoms with E-state index in [2.05, 4.69) is 78.2 Å². The largest absolute Gasteiger partial charge is 0.444 e. The topological polar surface area (TPSA) is 218 Å². The van der Waals surface area contributed by atoms with Gasteiger partial charge in [0.2, 0.25) is 11.8 Å². The summed E-state index contributed by atoms with van der Waals surface area (Å²) in [5.41, 5.74) is 7.70. The molecule has 3 fully saturated rings. The molecule has 1 aromatic heterocycles. The Kier molecular flexibility index (Phi) is 22.5. The molecule has 2 unspecified atom stereocenters. The van der Waals surface area contributed by atoms with E-state index >= 15 is 0 Å². The maximum absolute atomic E-state index is 14.0. The molecule has 0 saturated carbocycles. The van der Waals surface area contributed by atoms with Crippen molar-refractivity contribution in [2.75, 3.05) is 77.0 Å². The predicted molar refractivity (Wildman–Crippen MR) is 316 cm³/mol. The van der Waals surface area contributed by atoms with Gasteiger partial charge in [-0.1, -0.05) is 74.4 Å². The van der Waals surface area contributed by atoms with Gasteiger partial charge in [0, 0.05) is 107 Å². The van der Waals surface area contributed by atoms with Crippen LogP contribution in [-0.2, 0) is 43.4 Å². The number of aromatic amines is 1. The van der Waals surface area contributed by atoms with Crippen molar-refractivity contribution < 1.29 is 38.6 Å². The zero-order chi connectivity index (χ0) is 58.2. The highest BCUT2D eigenvalue weighted by molar-refractivity contribution is 5.99. The number of carbonyl (C=O) groups is 5. The Morgan fingerprint density at radius 2 is 1.54 bits per heavy atom. The first-order valence-corrected chi connectivity index (χ1v) is 29.3. The highest BCUT2D eigenvalue weighted by Gasteiger charge is 2.37. The van der Waals surface area contributed by atoms with Crippen molar-refractivity contribution in [2.45, 2.75) is 150 Å². The number of rotatable bonds is 24. The molecule has 4 aromatic rings. The van der Waals surface area contributed by atoms with Gasteiger partial charge in [0.15, 0.2) is 6.10 Å². The van der Waals surface area contributed by atoms with Crippen molar-refractivity contribution in [3.8, 4) is 11.1 Å². The first-order chi connectivity index (χ1) is 38.7. The first-order valence-electron chi connectivity index (χ1n) is 29.3. The molecule has 81 heavy (non-hydrogen) atoms. The molecule has 0 spiro atoms. The second-order valence-electron chi connectivity index (χ2n) is 23.5. The number of aliphatic hydroxyl groups is 1. The molecule has 5 amide bonds. The van der Waals surface area contributed by atoms with Crippen LogP contribution in [0.25, 0.3) is 11.1 Å². The van der Waals surface area contributed by atoms with Crippen molar-refractivity contribution in [1.82, 2.24) is 41.0 Å². The lowest BCUT2D eigenvalue weighted by molar-refractivity contribution is -0.142. The Hall–Kier alpha value is -6.60. The number of nitrogens with one attached hydrogen (secondary N) is 5. The van der Waals surface area contributed by atoms with E-state index < -0.39 is 35.8 Å². The highest BCUT2D eigenvalue weighted by atomic mass is 16.6. The molecule has 440 valence electrons. The summed E-state index contributed by atoms with van der Waals surface area (Å²) >= 11 is 0. The number of likely N-dealkylation sites (tertiary alicyclic amines) is 1. The fourth-order valence-corrected chi connectivity index (χ4v) is 11.4. The molecule has 4 heterocycles. The SMILES string of the molecule is CCN(c1cc(-c2ccc(CN3CCN(CC(=O)NCCCCCCN4CC(C)C[C@H](NC(=O)[C@@H](O)C(Cc5ccccc5)NC(=O)OC(C)(C)C)C4=O)CC3)cc2)cc(C(=O)NCc2c(C)cc(C)[nH]c2=O)c1C)C1CCOCC1. The van der Waals surface area contributed by atoms with Gasteiger partial charge in [0.25, 0.3) is 17.4 Å². The van der Waals surface area contributed by atoms with Gasteiger partial charge in [-0.05, 0) is 144 Å². The number of amides is 5. The molecule has 0 aliphatic carbocycles. The minimum atomic E-state index is -1.62. The van der Waals surface area contributed by atoms with Crippen LogP contribution in [-0.4, -0.2) is 156 Å². The Morgan fingerprint density at radius 3 is 2.22 bits per heavy atom. The van der Waals surface area contributed by atoms with Gasteiger partial charge in [-0.3, -0.25) is 33.8 Å². The number of aryl methyl sites for hydroxylation is 2. The number of unbranched alkanes of at least 4 members (excludes halogenated alkanes) is 3. The minimum Gasteiger partial charge on any atom is -0.444 e. The molecule has 18 heteroatoms. The van der Waals surface area contributed by atoms with Crippen LogP contribution in [0.4, 0.5) is 10.5 Å². The van der Waals surface area contributed by atoms with Crippen LogP contribution in [0.15, 0.2) is 77.6 Å². The maximum Gasteiger partial charge on any atom is 0.407 e. The van der Waals surface area contributed by atoms with Crippen LogP contribution < -0.4 is 31.7 Å². The lowest BCUT2D eigenvalue weighted by Gasteiger charge is -2.37. The smallest absolute Gasteiger partial charge is 0.407 e. The molecule has 6 N–H and O–H groups in total. The third-order valence-electron chi connectivity index (χ3n) is 15.8. The van der Waals surface area contributed by atoms with Crippen molar-refractivity contribution in [2.24, 2.45) is 5.92 Å². The van der Waals surface area contributed by atoms with E-state index in [1.165, 1.54) is 5.56 Å². The van der Waals surface area contributed by atoms with Gasteiger partial charge in [0.05, 0.1) is 12.6 Å². The molecule has 4 atom stereocenters. The van der Waals surface area contributed by atoms with Crippen LogP contribution in [0.2, 0.25) is 0 Å². The third kappa shape index (κ3) is 18.2. The lowest BCUT2D eigenvalue weighted by atomic mass is 9.94. The maximum atomic E-state index is 14.0. The molecular weight excluding hydrogens is 1030 g/mol. The number of benzene rings is 3. The Labute approximate surface area is 479 Å². The summed E-state index contributed by atoms with van der Waals surface area (Å²) in [6.45, 7) is 23.6. The number of anilines is 1. The number of piperidine rings is 1. The quantitative estimate of drug-likeness (QED) is 0.0412. The molecule has 3 aliphatic rings. The number of ether oxygens (including phenoxy) is 2. The van der Waals surface area contributed by atoms with Crippen molar-refractivity contribution in [3.63, 3.8) is 0 Å². The van der Waals surface area contributed by atoms with E-state index in [1.807, 2.05) is 70.2 Å². The van der Waals surface area contributed by atoms with E-state index in [0.717, 1.165) is 117 Å². The average molecular weight is 1120 g/mol. The summed E-state index contributed by atoms with van der Waals surface area (Å²) in [4.78, 5) is 91.3. The number of nitrogens with zero attached hydrogens (tertiary/aromatic N) is 4. The van der Waals surface area contributed by atoms with Crippen LogP contribution in [0.3, 0.4) is 0 Å². The Balaban J connectivity index is 0.824. The molecule has 3 saturated heterocycles. The second kappa shape index (κ2) is 29.4. The van der Waals surface area contributed by atoms with Gasteiger partial charge in [-0.2, -0.15) is 0 Å². The average Bonchev–Trinajstić information content (AvgIpc) is 3.49. The zero-order valence-electron chi connectivity index (χ0n) is 49.2. The fourth-order valence-electron chi connectivity index (χ4n) is 11.4. The van der Waals surface area contributed by atoms with Crippen LogP contribution >= 0.6 is 0 Å². The first kappa shape index (κ1) is 62.0. The molecule has 7 rings (SSSR count). The van der Waals surface area contributed by atoms with E-state index in [1.54, 1.807) is 25.7 Å². The van der Waals surface area contributed by atoms with Crippen molar-refractivity contribution in [3.05, 3.63) is 122 Å². The molecule has 0 radical (unpaired) electrons.